The monoisotopic (exact) mass is 887 g/mol. The van der Waals surface area contributed by atoms with Crippen LogP contribution in [-0.4, -0.2) is 109 Å². The number of halogens is 1. The van der Waals surface area contributed by atoms with E-state index < -0.39 is 79.3 Å². The molecule has 8 atom stereocenters. The number of rotatable bonds is 29. The number of phosphoric ester groups is 1. The number of phosphoric acid groups is 1. The van der Waals surface area contributed by atoms with Gasteiger partial charge in [-0.3, -0.25) is 47.1 Å². The van der Waals surface area contributed by atoms with Gasteiger partial charge in [0.2, 0.25) is 5.91 Å². The van der Waals surface area contributed by atoms with Crippen LogP contribution in [0.2, 0.25) is 0 Å². The van der Waals surface area contributed by atoms with Gasteiger partial charge in [-0.1, -0.05) is 96.8 Å². The first-order valence-electron chi connectivity index (χ1n) is 21.7. The first-order valence-corrected chi connectivity index (χ1v) is 23.1. The molecule has 2 aromatic heterocycles. The average molecular weight is 888 g/mol. The molecule has 4 heterocycles. The number of hydrogen-bond donors (Lipinski definition) is 2. The van der Waals surface area contributed by atoms with Crippen molar-refractivity contribution in [3.63, 3.8) is 0 Å². The molecule has 20 heteroatoms. The van der Waals surface area contributed by atoms with Gasteiger partial charge in [0, 0.05) is 78.4 Å². The van der Waals surface area contributed by atoms with Crippen LogP contribution in [0.25, 0.3) is 0 Å². The average Bonchev–Trinajstić information content (AvgIpc) is 3.73. The molecule has 0 radical (unpaired) electrons. The van der Waals surface area contributed by atoms with Crippen molar-refractivity contribution in [3.8, 4) is 0 Å². The molecule has 61 heavy (non-hydrogen) atoms. The van der Waals surface area contributed by atoms with E-state index >= 15 is 4.39 Å². The molecule has 2 fully saturated rings. The summed E-state index contributed by atoms with van der Waals surface area (Å²) in [7, 11) is 0.712. The zero-order valence-electron chi connectivity index (χ0n) is 36.3. The first kappa shape index (κ1) is 50.4. The molecule has 2 saturated heterocycles. The van der Waals surface area contributed by atoms with Gasteiger partial charge in [0.25, 0.3) is 11.1 Å². The number of methoxy groups -OCH3 is 2. The fourth-order valence-corrected chi connectivity index (χ4v) is 9.04. The Balaban J connectivity index is 1.50. The van der Waals surface area contributed by atoms with E-state index in [0.29, 0.717) is 6.42 Å². The van der Waals surface area contributed by atoms with Gasteiger partial charge in [-0.15, -0.1) is 0 Å². The molecule has 0 saturated carbocycles. The van der Waals surface area contributed by atoms with Crippen molar-refractivity contribution >= 4 is 13.7 Å². The molecule has 2 unspecified atom stereocenters. The molecular formula is C41H67FN5O13P. The van der Waals surface area contributed by atoms with Crippen molar-refractivity contribution in [1.29, 1.82) is 0 Å². The van der Waals surface area contributed by atoms with E-state index in [2.05, 4.69) is 16.9 Å². The van der Waals surface area contributed by atoms with Gasteiger partial charge in [0.1, 0.15) is 18.3 Å². The van der Waals surface area contributed by atoms with Crippen molar-refractivity contribution in [2.45, 2.75) is 153 Å². The standard InChI is InChI=1S/C41H67FN5O13P/c1-6-7-8-9-10-11-12-13-14-15-16-17-18-19-20-23-45(34(50)26-29-31(28-54-2)59-39(36(29)55-3)47-25-22-33(49)44-41(47)52)27-30-37(60-61(53,56-4)57-5)35(42)38(58-30)46-24-21-32(48)43-40(46)51/h21-22,24-25,29-31,35-39H,6-20,23,26-28H2,1-5H3,(H,43,48,51)(H,44,49,52)/t29?,30-,31-,35+,36?,37+,38-,39-/m1/s1. The van der Waals surface area contributed by atoms with Crippen LogP contribution in [-0.2, 0) is 41.9 Å². The van der Waals surface area contributed by atoms with Crippen LogP contribution in [0.3, 0.4) is 0 Å². The largest absolute Gasteiger partial charge is 0.474 e. The minimum atomic E-state index is -4.33. The second-order valence-electron chi connectivity index (χ2n) is 15.8. The number of H-pyrrole nitrogens is 2. The smallest absolute Gasteiger partial charge is 0.382 e. The van der Waals surface area contributed by atoms with E-state index in [0.717, 1.165) is 56.7 Å². The van der Waals surface area contributed by atoms with E-state index in [-0.39, 0.29) is 32.0 Å². The van der Waals surface area contributed by atoms with Gasteiger partial charge in [-0.2, -0.15) is 0 Å². The lowest BCUT2D eigenvalue weighted by Crippen LogP contribution is -2.45. The summed E-state index contributed by atoms with van der Waals surface area (Å²) < 4.78 is 70.8. The van der Waals surface area contributed by atoms with Gasteiger partial charge in [-0.05, 0) is 6.42 Å². The van der Waals surface area contributed by atoms with Crippen molar-refractivity contribution in [3.05, 3.63) is 66.2 Å². The number of carbonyl (C=O) groups excluding carboxylic acids is 1. The highest BCUT2D eigenvalue weighted by Gasteiger charge is 2.52. The number of nitrogens with one attached hydrogen (secondary N) is 2. The van der Waals surface area contributed by atoms with Gasteiger partial charge >= 0.3 is 19.2 Å². The number of alkyl halides is 1. The van der Waals surface area contributed by atoms with Crippen molar-refractivity contribution in [2.24, 2.45) is 5.92 Å². The number of unbranched alkanes of at least 4 members (excludes halogenated alkanes) is 14. The third kappa shape index (κ3) is 14.6. The maximum atomic E-state index is 16.4. The van der Waals surface area contributed by atoms with Crippen molar-refractivity contribution in [2.75, 3.05) is 48.1 Å². The minimum Gasteiger partial charge on any atom is -0.382 e. The predicted octanol–water partition coefficient (Wildman–Crippen LogP) is 5.37. The Labute approximate surface area is 356 Å². The molecule has 0 spiro atoms. The van der Waals surface area contributed by atoms with E-state index in [9.17, 15) is 28.5 Å². The fraction of sp³-hybridized carbons (Fsp3) is 0.780. The summed E-state index contributed by atoms with van der Waals surface area (Å²) in [6, 6.07) is 2.21. The predicted molar refractivity (Wildman–Crippen MR) is 224 cm³/mol. The summed E-state index contributed by atoms with van der Waals surface area (Å²) >= 11 is 0. The van der Waals surface area contributed by atoms with Gasteiger partial charge in [-0.25, -0.2) is 18.5 Å². The molecule has 4 rings (SSSR count). The van der Waals surface area contributed by atoms with E-state index in [1.54, 1.807) is 0 Å². The maximum absolute atomic E-state index is 16.4. The maximum Gasteiger partial charge on any atom is 0.474 e. The fourth-order valence-electron chi connectivity index (χ4n) is 8.17. The zero-order chi connectivity index (χ0) is 44.4. The molecule has 1 amide bonds. The van der Waals surface area contributed by atoms with E-state index in [1.807, 2.05) is 0 Å². The molecule has 2 aliphatic heterocycles. The van der Waals surface area contributed by atoms with Crippen LogP contribution in [0.4, 0.5) is 4.39 Å². The van der Waals surface area contributed by atoms with Gasteiger partial charge in [0.05, 0.1) is 12.7 Å². The lowest BCUT2D eigenvalue weighted by atomic mass is 9.93. The number of aromatic nitrogens is 4. The van der Waals surface area contributed by atoms with Gasteiger partial charge in [0.15, 0.2) is 18.6 Å². The SMILES string of the molecule is CCCCCCCCCCCCCCCCCN(C[C@H]1O[C@@H](n2ccc(=O)[nH]c2=O)[C@@H](F)[C@H]1OP(=O)(OC)OC)C(=O)CC1C(OC)[C@H](n2ccc(=O)[nH]c2=O)O[C@@H]1COC. The Bertz CT molecular complexity index is 1900. The molecule has 0 aliphatic carbocycles. The van der Waals surface area contributed by atoms with Crippen LogP contribution in [0.5, 0.6) is 0 Å². The van der Waals surface area contributed by atoms with Crippen LogP contribution in [0.1, 0.15) is 122 Å². The number of carbonyl (C=O) groups is 1. The molecule has 346 valence electrons. The Hall–Kier alpha value is -3.29. The summed E-state index contributed by atoms with van der Waals surface area (Å²) in [5.74, 6) is -1.04. The lowest BCUT2D eigenvalue weighted by molar-refractivity contribution is -0.137. The summed E-state index contributed by atoms with van der Waals surface area (Å²) in [4.78, 5) is 69.5. The minimum absolute atomic E-state index is 0.0512. The van der Waals surface area contributed by atoms with E-state index in [4.69, 9.17) is 32.5 Å². The molecule has 0 bridgehead atoms. The molecular weight excluding hydrogens is 820 g/mol. The summed E-state index contributed by atoms with van der Waals surface area (Å²) in [5.41, 5.74) is -2.95. The molecule has 18 nitrogen and oxygen atoms in total. The quantitative estimate of drug-likeness (QED) is 0.0778. The second kappa shape index (κ2) is 25.7. The number of aromatic amines is 2. The molecule has 2 aromatic rings. The summed E-state index contributed by atoms with van der Waals surface area (Å²) in [5, 5.41) is 0. The highest BCUT2D eigenvalue weighted by Crippen LogP contribution is 2.52. The second-order valence-corrected chi connectivity index (χ2v) is 17.6. The Kier molecular flexibility index (Phi) is 21.2. The Morgan fingerprint density at radius 2 is 1.23 bits per heavy atom. The molecule has 2 N–H and O–H groups in total. The topological polar surface area (TPSA) is 212 Å². The molecule has 2 aliphatic rings. The normalized spacial score (nSPS) is 24.1. The Morgan fingerprint density at radius 3 is 1.70 bits per heavy atom. The lowest BCUT2D eigenvalue weighted by Gasteiger charge is -2.31. The Morgan fingerprint density at radius 1 is 0.738 bits per heavy atom. The zero-order valence-corrected chi connectivity index (χ0v) is 37.2. The summed E-state index contributed by atoms with van der Waals surface area (Å²) in [6.07, 6.45) is 10.3. The van der Waals surface area contributed by atoms with Gasteiger partial charge < -0.3 is 23.8 Å². The highest BCUT2D eigenvalue weighted by molar-refractivity contribution is 7.48. The molecule has 0 aromatic carbocycles. The third-order valence-electron chi connectivity index (χ3n) is 11.5. The number of ether oxygens (including phenoxy) is 4. The van der Waals surface area contributed by atoms with Crippen molar-refractivity contribution < 1.29 is 46.3 Å². The number of hydrogen-bond acceptors (Lipinski definition) is 13. The van der Waals surface area contributed by atoms with E-state index in [1.165, 1.54) is 100 Å². The number of nitrogens with zero attached hydrogens (tertiary/aromatic N) is 3. The van der Waals surface area contributed by atoms with Crippen LogP contribution in [0, 0.1) is 5.92 Å². The third-order valence-corrected chi connectivity index (χ3v) is 12.9. The van der Waals surface area contributed by atoms with Crippen molar-refractivity contribution in [1.82, 2.24) is 24.0 Å². The van der Waals surface area contributed by atoms with Crippen LogP contribution >= 0.6 is 7.82 Å². The highest BCUT2D eigenvalue weighted by atomic mass is 31.2. The number of amides is 1. The first-order chi connectivity index (χ1) is 29.4. The van der Waals surface area contributed by atoms with Crippen LogP contribution in [0.15, 0.2) is 43.7 Å². The summed E-state index contributed by atoms with van der Waals surface area (Å²) in [6.45, 7) is 2.26. The van der Waals surface area contributed by atoms with Crippen LogP contribution < -0.4 is 22.5 Å².